The van der Waals surface area contributed by atoms with Crippen LogP contribution in [-0.4, -0.2) is 35.0 Å². The number of carboxylic acids is 1. The second-order valence-electron chi connectivity index (χ2n) is 5.83. The van der Waals surface area contributed by atoms with E-state index in [-0.39, 0.29) is 16.2 Å². The number of carboxylic acid groups (broad SMARTS) is 1. The van der Waals surface area contributed by atoms with Crippen LogP contribution in [0.4, 0.5) is 0 Å². The molecule has 2 aromatic carbocycles. The molecule has 0 aliphatic heterocycles. The number of aromatic carboxylic acids is 1. The van der Waals surface area contributed by atoms with Crippen LogP contribution in [0.1, 0.15) is 26.4 Å². The van der Waals surface area contributed by atoms with E-state index in [1.807, 2.05) is 10.9 Å². The second-order valence-corrected chi connectivity index (χ2v) is 7.51. The molecule has 0 unspecified atom stereocenters. The number of aryl methyl sites for hydroxylation is 1. The number of rotatable bonds is 6. The molecule has 10 heteroatoms. The van der Waals surface area contributed by atoms with Crippen molar-refractivity contribution in [2.24, 2.45) is 0 Å². The minimum Gasteiger partial charge on any atom is -0.478 e. The van der Waals surface area contributed by atoms with Gasteiger partial charge < -0.3 is 5.11 Å². The molecule has 0 aliphatic rings. The maximum Gasteiger partial charge on any atom is 0.335 e. The summed E-state index contributed by atoms with van der Waals surface area (Å²) in [6.45, 7) is 1.56. The molecule has 0 atom stereocenters. The van der Waals surface area contributed by atoms with Crippen LogP contribution in [0.15, 0.2) is 66.0 Å². The van der Waals surface area contributed by atoms with Crippen LogP contribution >= 0.6 is 0 Å². The first-order valence-corrected chi connectivity index (χ1v) is 9.52. The Labute approximate surface area is 160 Å². The van der Waals surface area contributed by atoms with Crippen molar-refractivity contribution in [3.63, 3.8) is 0 Å². The monoisotopic (exact) mass is 400 g/mol. The van der Waals surface area contributed by atoms with Gasteiger partial charge in [-0.15, -0.1) is 4.83 Å². The minimum absolute atomic E-state index is 0.115. The lowest BCUT2D eigenvalue weighted by atomic mass is 10.1. The lowest BCUT2D eigenvalue weighted by Gasteiger charge is -2.11. The van der Waals surface area contributed by atoms with Gasteiger partial charge in [-0.05, 0) is 36.8 Å². The molecule has 0 bridgehead atoms. The van der Waals surface area contributed by atoms with Crippen molar-refractivity contribution in [1.82, 2.24) is 19.8 Å². The van der Waals surface area contributed by atoms with Gasteiger partial charge in [-0.3, -0.25) is 14.8 Å². The lowest BCUT2D eigenvalue weighted by Crippen LogP contribution is -2.42. The predicted octanol–water partition coefficient (Wildman–Crippen LogP) is 1.50. The molecule has 0 saturated heterocycles. The Morgan fingerprint density at radius 3 is 2.50 bits per heavy atom. The summed E-state index contributed by atoms with van der Waals surface area (Å²) in [6.07, 6.45) is 2.73. The first-order chi connectivity index (χ1) is 13.3. The summed E-state index contributed by atoms with van der Waals surface area (Å²) in [4.78, 5) is 29.2. The molecule has 0 spiro atoms. The largest absolute Gasteiger partial charge is 0.478 e. The van der Waals surface area contributed by atoms with Gasteiger partial charge in [0.05, 0.1) is 23.0 Å². The molecular formula is C18H16N4O5S. The third-order valence-electron chi connectivity index (χ3n) is 3.95. The van der Waals surface area contributed by atoms with Crippen LogP contribution in [-0.2, 0) is 10.0 Å². The second kappa shape index (κ2) is 7.62. The smallest absolute Gasteiger partial charge is 0.335 e. The number of aromatic nitrogens is 2. The number of nitrogens with zero attached hydrogens (tertiary/aromatic N) is 2. The van der Waals surface area contributed by atoms with Crippen LogP contribution in [0, 0.1) is 6.92 Å². The van der Waals surface area contributed by atoms with Crippen molar-refractivity contribution in [3.8, 4) is 5.69 Å². The van der Waals surface area contributed by atoms with Gasteiger partial charge in [0.1, 0.15) is 5.69 Å². The minimum atomic E-state index is -4.17. The molecule has 0 fully saturated rings. The topological polar surface area (TPSA) is 130 Å². The Balaban J connectivity index is 1.79. The van der Waals surface area contributed by atoms with Gasteiger partial charge >= 0.3 is 5.97 Å². The van der Waals surface area contributed by atoms with Crippen LogP contribution in [0.25, 0.3) is 5.69 Å². The quantitative estimate of drug-likeness (QED) is 0.538. The SMILES string of the molecule is Cc1ccc(S(=O)(=O)NNC(=O)c2cncn2-c2ccccc2)cc1C(=O)O. The maximum absolute atomic E-state index is 12.4. The summed E-state index contributed by atoms with van der Waals surface area (Å²) < 4.78 is 26.3. The van der Waals surface area contributed by atoms with E-state index in [9.17, 15) is 18.0 Å². The number of imidazole rings is 1. The van der Waals surface area contributed by atoms with Gasteiger partial charge in [-0.2, -0.15) is 0 Å². The van der Waals surface area contributed by atoms with Crippen molar-refractivity contribution in [1.29, 1.82) is 0 Å². The average Bonchev–Trinajstić information content (AvgIpc) is 3.17. The molecule has 3 aromatic rings. The summed E-state index contributed by atoms with van der Waals surface area (Å²) in [5.74, 6) is -1.97. The van der Waals surface area contributed by atoms with Crippen LogP contribution in [0.2, 0.25) is 0 Å². The molecule has 144 valence electrons. The summed E-state index contributed by atoms with van der Waals surface area (Å²) in [6, 6.07) is 12.6. The number of hydrogen-bond donors (Lipinski definition) is 3. The van der Waals surface area contributed by atoms with Crippen molar-refractivity contribution in [2.75, 3.05) is 0 Å². The number of amides is 1. The maximum atomic E-state index is 12.4. The van der Waals surface area contributed by atoms with E-state index in [0.717, 1.165) is 6.07 Å². The molecule has 0 radical (unpaired) electrons. The van der Waals surface area contributed by atoms with E-state index in [4.69, 9.17) is 5.11 Å². The van der Waals surface area contributed by atoms with E-state index in [2.05, 4.69) is 10.4 Å². The fourth-order valence-electron chi connectivity index (χ4n) is 2.49. The van der Waals surface area contributed by atoms with E-state index in [0.29, 0.717) is 11.3 Å². The molecule has 28 heavy (non-hydrogen) atoms. The molecule has 9 nitrogen and oxygen atoms in total. The van der Waals surface area contributed by atoms with Gasteiger partial charge in [0, 0.05) is 5.69 Å². The fourth-order valence-corrected chi connectivity index (χ4v) is 3.36. The molecule has 0 saturated carbocycles. The average molecular weight is 400 g/mol. The molecule has 1 amide bonds. The number of hydrazine groups is 1. The number of nitrogens with one attached hydrogen (secondary N) is 2. The third kappa shape index (κ3) is 3.92. The number of benzene rings is 2. The van der Waals surface area contributed by atoms with Gasteiger partial charge in [-0.25, -0.2) is 18.2 Å². The van der Waals surface area contributed by atoms with Gasteiger partial charge in [0.15, 0.2) is 0 Å². The summed E-state index contributed by atoms with van der Waals surface area (Å²) in [5, 5.41) is 9.14. The first-order valence-electron chi connectivity index (χ1n) is 8.03. The molecular weight excluding hydrogens is 384 g/mol. The Kier molecular flexibility index (Phi) is 5.25. The molecule has 1 heterocycles. The van der Waals surface area contributed by atoms with E-state index < -0.39 is 21.9 Å². The van der Waals surface area contributed by atoms with E-state index in [1.165, 1.54) is 29.2 Å². The number of para-hydroxylation sites is 1. The standard InChI is InChI=1S/C18H16N4O5S/c1-12-7-8-14(9-15(12)18(24)25)28(26,27)21-20-17(23)16-10-19-11-22(16)13-5-3-2-4-6-13/h2-11,21H,1H3,(H,20,23)(H,24,25). The Morgan fingerprint density at radius 2 is 1.82 bits per heavy atom. The highest BCUT2D eigenvalue weighted by molar-refractivity contribution is 7.89. The normalized spacial score (nSPS) is 11.2. The molecule has 3 N–H and O–H groups in total. The zero-order chi connectivity index (χ0) is 20.3. The third-order valence-corrected chi connectivity index (χ3v) is 5.20. The fraction of sp³-hybridized carbons (Fsp3) is 0.0556. The highest BCUT2D eigenvalue weighted by Gasteiger charge is 2.20. The Bertz CT molecular complexity index is 1140. The predicted molar refractivity (Wildman–Crippen MR) is 99.5 cm³/mol. The summed E-state index contributed by atoms with van der Waals surface area (Å²) >= 11 is 0. The van der Waals surface area contributed by atoms with Crippen LogP contribution in [0.5, 0.6) is 0 Å². The molecule has 3 rings (SSSR count). The van der Waals surface area contributed by atoms with Gasteiger partial charge in [0.2, 0.25) is 0 Å². The number of sulfonamides is 1. The van der Waals surface area contributed by atoms with Crippen LogP contribution in [0.3, 0.4) is 0 Å². The van der Waals surface area contributed by atoms with E-state index in [1.54, 1.807) is 31.2 Å². The highest BCUT2D eigenvalue weighted by Crippen LogP contribution is 2.15. The van der Waals surface area contributed by atoms with Crippen LogP contribution < -0.4 is 10.3 Å². The number of hydrogen-bond acceptors (Lipinski definition) is 5. The molecule has 0 aliphatic carbocycles. The first kappa shape index (κ1) is 19.3. The Hall–Kier alpha value is -3.50. The zero-order valence-electron chi connectivity index (χ0n) is 14.7. The Morgan fingerprint density at radius 1 is 1.11 bits per heavy atom. The summed E-state index contributed by atoms with van der Waals surface area (Å²) in [5.41, 5.74) is 3.18. The summed E-state index contributed by atoms with van der Waals surface area (Å²) in [7, 11) is -4.17. The number of carbonyl (C=O) groups is 2. The highest BCUT2D eigenvalue weighted by atomic mass is 32.2. The van der Waals surface area contributed by atoms with Crippen molar-refractivity contribution in [2.45, 2.75) is 11.8 Å². The van der Waals surface area contributed by atoms with Crippen molar-refractivity contribution < 1.29 is 23.1 Å². The lowest BCUT2D eigenvalue weighted by molar-refractivity contribution is 0.0695. The number of carbonyl (C=O) groups excluding carboxylic acids is 1. The van der Waals surface area contributed by atoms with Crippen molar-refractivity contribution in [3.05, 3.63) is 77.9 Å². The van der Waals surface area contributed by atoms with Crippen molar-refractivity contribution >= 4 is 21.9 Å². The molecule has 1 aromatic heterocycles. The van der Waals surface area contributed by atoms with Gasteiger partial charge in [0.25, 0.3) is 15.9 Å². The van der Waals surface area contributed by atoms with Gasteiger partial charge in [-0.1, -0.05) is 24.3 Å². The van der Waals surface area contributed by atoms with E-state index >= 15 is 0 Å². The zero-order valence-corrected chi connectivity index (χ0v) is 15.5.